The van der Waals surface area contributed by atoms with Crippen molar-refractivity contribution < 1.29 is 4.74 Å². The Kier molecular flexibility index (Phi) is 6.56. The van der Waals surface area contributed by atoms with Gasteiger partial charge in [-0.15, -0.1) is 0 Å². The van der Waals surface area contributed by atoms with E-state index in [0.29, 0.717) is 13.2 Å². The highest BCUT2D eigenvalue weighted by molar-refractivity contribution is 7.78. The van der Waals surface area contributed by atoms with E-state index in [-0.39, 0.29) is 0 Å². The summed E-state index contributed by atoms with van der Waals surface area (Å²) in [6.45, 7) is 3.98. The van der Waals surface area contributed by atoms with Gasteiger partial charge in [0.15, 0.2) is 0 Å². The van der Waals surface area contributed by atoms with Gasteiger partial charge in [0.1, 0.15) is 0 Å². The lowest BCUT2D eigenvalue weighted by Crippen LogP contribution is -1.95. The summed E-state index contributed by atoms with van der Waals surface area (Å²) in [6.07, 6.45) is 0. The highest BCUT2D eigenvalue weighted by Gasteiger charge is 1.77. The lowest BCUT2D eigenvalue weighted by Gasteiger charge is -1.92. The summed E-state index contributed by atoms with van der Waals surface area (Å²) >= 11 is 4.33. The molecule has 0 unspecified atom stereocenters. The van der Waals surface area contributed by atoms with E-state index in [1.54, 1.807) is 0 Å². The zero-order valence-corrected chi connectivity index (χ0v) is 5.70. The molecule has 0 N–H and O–H groups in total. The molecule has 0 saturated heterocycles. The number of hydrogen-bond donors (Lipinski definition) is 0. The molecule has 8 heavy (non-hydrogen) atoms. The highest BCUT2D eigenvalue weighted by Crippen LogP contribution is 1.72. The van der Waals surface area contributed by atoms with Gasteiger partial charge in [0.2, 0.25) is 0 Å². The van der Waals surface area contributed by atoms with Gasteiger partial charge >= 0.3 is 0 Å². The van der Waals surface area contributed by atoms with Gasteiger partial charge in [-0.1, -0.05) is 0 Å². The lowest BCUT2D eigenvalue weighted by atomic mass is 10.7. The molecule has 0 rings (SSSR count). The summed E-state index contributed by atoms with van der Waals surface area (Å²) < 4.78 is 4.96. The first-order chi connectivity index (χ1) is 3.91. The predicted octanol–water partition coefficient (Wildman–Crippen LogP) is 1.13. The number of aliphatic imine (C=N–C) groups is 1. The molecule has 0 saturated carbocycles. The SMILES string of the molecule is CCOCCN=C=S. The third-order valence-corrected chi connectivity index (χ3v) is 0.745. The average Bonchev–Trinajstić information content (AvgIpc) is 1.81. The fourth-order valence-corrected chi connectivity index (χ4v) is 0.391. The average molecular weight is 131 g/mol. The lowest BCUT2D eigenvalue weighted by molar-refractivity contribution is 0.156. The molecular formula is C5H9NOS. The van der Waals surface area contributed by atoms with Crippen molar-refractivity contribution in [2.24, 2.45) is 4.99 Å². The van der Waals surface area contributed by atoms with Crippen LogP contribution in [0.5, 0.6) is 0 Å². The monoisotopic (exact) mass is 131 g/mol. The van der Waals surface area contributed by atoms with Crippen LogP contribution >= 0.6 is 12.2 Å². The first-order valence-electron chi connectivity index (χ1n) is 2.53. The van der Waals surface area contributed by atoms with E-state index in [1.165, 1.54) is 0 Å². The van der Waals surface area contributed by atoms with E-state index in [0.717, 1.165) is 6.61 Å². The van der Waals surface area contributed by atoms with E-state index in [9.17, 15) is 0 Å². The number of ether oxygens (including phenoxy) is 1. The van der Waals surface area contributed by atoms with Crippen LogP contribution in [0.15, 0.2) is 4.99 Å². The van der Waals surface area contributed by atoms with Gasteiger partial charge in [0.25, 0.3) is 0 Å². The second-order valence-electron chi connectivity index (χ2n) is 1.17. The van der Waals surface area contributed by atoms with Crippen molar-refractivity contribution in [1.82, 2.24) is 0 Å². The number of nitrogens with zero attached hydrogens (tertiary/aromatic N) is 1. The molecule has 0 fully saturated rings. The zero-order chi connectivity index (χ0) is 6.24. The summed E-state index contributed by atoms with van der Waals surface area (Å²) in [4.78, 5) is 3.65. The molecule has 0 aromatic rings. The highest BCUT2D eigenvalue weighted by atomic mass is 32.1. The maximum absolute atomic E-state index is 4.96. The van der Waals surface area contributed by atoms with E-state index in [4.69, 9.17) is 4.74 Å². The van der Waals surface area contributed by atoms with E-state index < -0.39 is 0 Å². The fraction of sp³-hybridized carbons (Fsp3) is 0.800. The molecule has 46 valence electrons. The van der Waals surface area contributed by atoms with Gasteiger partial charge in [-0.25, -0.2) is 4.99 Å². The standard InChI is InChI=1S/C5H9NOS/c1-2-7-4-3-6-5-8/h2-4H2,1H3. The van der Waals surface area contributed by atoms with Crippen LogP contribution in [0.2, 0.25) is 0 Å². The van der Waals surface area contributed by atoms with Crippen LogP contribution in [0.4, 0.5) is 0 Å². The molecule has 0 aliphatic heterocycles. The molecule has 0 aromatic carbocycles. The predicted molar refractivity (Wildman–Crippen MR) is 36.4 cm³/mol. The summed E-state index contributed by atoms with van der Waals surface area (Å²) in [5.74, 6) is 0. The summed E-state index contributed by atoms with van der Waals surface area (Å²) in [7, 11) is 0. The summed E-state index contributed by atoms with van der Waals surface area (Å²) in [5.41, 5.74) is 0. The van der Waals surface area contributed by atoms with Crippen molar-refractivity contribution in [3.8, 4) is 0 Å². The Morgan fingerprint density at radius 2 is 2.50 bits per heavy atom. The van der Waals surface area contributed by atoms with Crippen LogP contribution in [0, 0.1) is 0 Å². The van der Waals surface area contributed by atoms with Crippen molar-refractivity contribution in [2.45, 2.75) is 6.92 Å². The molecule has 0 aliphatic carbocycles. The third-order valence-electron chi connectivity index (χ3n) is 0.616. The Hall–Kier alpha value is -0.240. The third kappa shape index (κ3) is 5.76. The zero-order valence-electron chi connectivity index (χ0n) is 4.89. The maximum Gasteiger partial charge on any atom is 0.0727 e. The van der Waals surface area contributed by atoms with Crippen LogP contribution in [-0.2, 0) is 4.74 Å². The van der Waals surface area contributed by atoms with Crippen molar-refractivity contribution in [1.29, 1.82) is 0 Å². The summed E-state index contributed by atoms with van der Waals surface area (Å²) in [6, 6.07) is 0. The summed E-state index contributed by atoms with van der Waals surface area (Å²) in [5, 5.41) is 2.25. The minimum Gasteiger partial charge on any atom is -0.380 e. The fourth-order valence-electron chi connectivity index (χ4n) is 0.300. The molecule has 3 heteroatoms. The molecule has 0 amide bonds. The second kappa shape index (κ2) is 6.76. The van der Waals surface area contributed by atoms with Crippen LogP contribution in [0.25, 0.3) is 0 Å². The Balaban J connectivity index is 2.82. The Morgan fingerprint density at radius 1 is 1.75 bits per heavy atom. The van der Waals surface area contributed by atoms with Gasteiger partial charge in [0.05, 0.1) is 18.3 Å². The molecular weight excluding hydrogens is 122 g/mol. The smallest absolute Gasteiger partial charge is 0.0727 e. The minimum atomic E-state index is 0.636. The molecule has 0 spiro atoms. The molecule has 0 bridgehead atoms. The second-order valence-corrected chi connectivity index (χ2v) is 1.35. The van der Waals surface area contributed by atoms with Gasteiger partial charge < -0.3 is 4.74 Å². The molecule has 0 heterocycles. The van der Waals surface area contributed by atoms with Gasteiger partial charge in [-0.05, 0) is 19.1 Å². The maximum atomic E-state index is 4.96. The quantitative estimate of drug-likeness (QED) is 0.324. The Labute approximate surface area is 54.6 Å². The van der Waals surface area contributed by atoms with Crippen molar-refractivity contribution >= 4 is 17.4 Å². The first-order valence-corrected chi connectivity index (χ1v) is 2.94. The van der Waals surface area contributed by atoms with Crippen LogP contribution in [-0.4, -0.2) is 24.9 Å². The normalized spacial score (nSPS) is 8.12. The van der Waals surface area contributed by atoms with Crippen molar-refractivity contribution in [2.75, 3.05) is 19.8 Å². The number of isothiocyanates is 1. The first kappa shape index (κ1) is 7.76. The van der Waals surface area contributed by atoms with Gasteiger partial charge in [-0.3, -0.25) is 0 Å². The number of thiocarbonyl (C=S) groups is 1. The molecule has 0 radical (unpaired) electrons. The minimum absolute atomic E-state index is 0.636. The van der Waals surface area contributed by atoms with Crippen LogP contribution in [0.1, 0.15) is 6.92 Å². The molecule has 0 aromatic heterocycles. The molecule has 0 aliphatic rings. The van der Waals surface area contributed by atoms with Crippen LogP contribution < -0.4 is 0 Å². The van der Waals surface area contributed by atoms with E-state index >= 15 is 0 Å². The Bertz CT molecular complexity index is 88.4. The van der Waals surface area contributed by atoms with Gasteiger partial charge in [-0.2, -0.15) is 0 Å². The molecule has 2 nitrogen and oxygen atoms in total. The topological polar surface area (TPSA) is 21.6 Å². The van der Waals surface area contributed by atoms with Crippen molar-refractivity contribution in [3.63, 3.8) is 0 Å². The van der Waals surface area contributed by atoms with E-state index in [2.05, 4.69) is 22.4 Å². The van der Waals surface area contributed by atoms with Gasteiger partial charge in [0, 0.05) is 6.61 Å². The van der Waals surface area contributed by atoms with E-state index in [1.807, 2.05) is 6.92 Å². The van der Waals surface area contributed by atoms with Crippen LogP contribution in [0.3, 0.4) is 0 Å². The number of hydrogen-bond acceptors (Lipinski definition) is 3. The Morgan fingerprint density at radius 3 is 3.00 bits per heavy atom. The van der Waals surface area contributed by atoms with Crippen molar-refractivity contribution in [3.05, 3.63) is 0 Å². The number of rotatable bonds is 4. The molecule has 0 atom stereocenters. The largest absolute Gasteiger partial charge is 0.380 e.